The van der Waals surface area contributed by atoms with E-state index in [0.29, 0.717) is 12.2 Å². The summed E-state index contributed by atoms with van der Waals surface area (Å²) in [4.78, 5) is 14.8. The van der Waals surface area contributed by atoms with Crippen molar-refractivity contribution in [2.24, 2.45) is 0 Å². The van der Waals surface area contributed by atoms with E-state index in [2.05, 4.69) is 40.7 Å². The Morgan fingerprint density at radius 2 is 1.58 bits per heavy atom. The first-order valence-corrected chi connectivity index (χ1v) is 10.2. The largest absolute Gasteiger partial charge is 0.507 e. The molecule has 0 aliphatic heterocycles. The summed E-state index contributed by atoms with van der Waals surface area (Å²) < 4.78 is 0. The minimum atomic E-state index is -0.115. The minimum Gasteiger partial charge on any atom is -0.507 e. The van der Waals surface area contributed by atoms with E-state index < -0.39 is 0 Å². The van der Waals surface area contributed by atoms with Gasteiger partial charge in [-0.15, -0.1) is 0 Å². The van der Waals surface area contributed by atoms with Gasteiger partial charge in [0, 0.05) is 19.5 Å². The summed E-state index contributed by atoms with van der Waals surface area (Å²) in [6.45, 7) is 16.4. The summed E-state index contributed by atoms with van der Waals surface area (Å²) in [7, 11) is 0. The number of benzene rings is 1. The molecule has 0 spiro atoms. The average molecular weight is 362 g/mol. The minimum absolute atomic E-state index is 0.115. The lowest BCUT2D eigenvalue weighted by molar-refractivity contribution is -0.131. The van der Waals surface area contributed by atoms with Crippen LogP contribution in [0.1, 0.15) is 89.0 Å². The number of hydrogen-bond donors (Lipinski definition) is 1. The molecule has 148 valence electrons. The molecule has 0 saturated carbocycles. The Hall–Kier alpha value is -1.51. The van der Waals surface area contributed by atoms with Gasteiger partial charge >= 0.3 is 0 Å². The van der Waals surface area contributed by atoms with Crippen LogP contribution >= 0.6 is 0 Å². The number of phenols is 1. The van der Waals surface area contributed by atoms with E-state index in [9.17, 15) is 9.90 Å². The van der Waals surface area contributed by atoms with E-state index in [-0.39, 0.29) is 11.3 Å². The van der Waals surface area contributed by atoms with Gasteiger partial charge in [-0.1, -0.05) is 53.5 Å². The number of carbonyl (C=O) groups excluding carboxylic acids is 1. The zero-order valence-electron chi connectivity index (χ0n) is 18.0. The van der Waals surface area contributed by atoms with Crippen LogP contribution in [0.25, 0.3) is 0 Å². The lowest BCUT2D eigenvalue weighted by Crippen LogP contribution is -2.33. The molecule has 3 heteroatoms. The molecule has 3 nitrogen and oxygen atoms in total. The molecule has 1 rings (SSSR count). The maximum atomic E-state index is 12.7. The predicted molar refractivity (Wildman–Crippen MR) is 111 cm³/mol. The van der Waals surface area contributed by atoms with Crippen LogP contribution in [-0.2, 0) is 16.6 Å². The normalized spacial score (nSPS) is 11.7. The lowest BCUT2D eigenvalue weighted by Gasteiger charge is -2.25. The van der Waals surface area contributed by atoms with Gasteiger partial charge in [0.25, 0.3) is 0 Å². The Morgan fingerprint density at radius 3 is 2.04 bits per heavy atom. The molecule has 0 saturated heterocycles. The van der Waals surface area contributed by atoms with E-state index in [1.165, 1.54) is 5.56 Å². The van der Waals surface area contributed by atoms with Crippen LogP contribution in [0.4, 0.5) is 0 Å². The predicted octanol–water partition coefficient (Wildman–Crippen LogP) is 5.67. The summed E-state index contributed by atoms with van der Waals surface area (Å²) >= 11 is 0. The summed E-state index contributed by atoms with van der Waals surface area (Å²) in [5.41, 5.74) is 4.09. The molecule has 1 aromatic rings. The zero-order chi connectivity index (χ0) is 19.9. The molecule has 0 bridgehead atoms. The molecule has 0 atom stereocenters. The van der Waals surface area contributed by atoms with Gasteiger partial charge in [0.2, 0.25) is 5.91 Å². The molecule has 0 heterocycles. The van der Waals surface area contributed by atoms with Gasteiger partial charge in [-0.05, 0) is 60.8 Å². The summed E-state index contributed by atoms with van der Waals surface area (Å²) in [6.07, 6.45) is 5.65. The van der Waals surface area contributed by atoms with Gasteiger partial charge in [0.15, 0.2) is 0 Å². The van der Waals surface area contributed by atoms with Crippen LogP contribution in [0.3, 0.4) is 0 Å². The van der Waals surface area contributed by atoms with Crippen molar-refractivity contribution in [1.29, 1.82) is 0 Å². The Bertz CT molecular complexity index is 591. The van der Waals surface area contributed by atoms with Crippen molar-refractivity contribution < 1.29 is 9.90 Å². The van der Waals surface area contributed by atoms with Gasteiger partial charge in [-0.2, -0.15) is 0 Å². The zero-order valence-corrected chi connectivity index (χ0v) is 18.0. The number of amides is 1. The van der Waals surface area contributed by atoms with Crippen LogP contribution in [-0.4, -0.2) is 29.0 Å². The molecule has 26 heavy (non-hydrogen) atoms. The van der Waals surface area contributed by atoms with Crippen molar-refractivity contribution in [3.63, 3.8) is 0 Å². The Balaban J connectivity index is 2.94. The summed E-state index contributed by atoms with van der Waals surface area (Å²) in [5, 5.41) is 10.5. The maximum Gasteiger partial charge on any atom is 0.222 e. The van der Waals surface area contributed by atoms with Crippen LogP contribution in [0.5, 0.6) is 5.75 Å². The van der Waals surface area contributed by atoms with Crippen LogP contribution in [0.15, 0.2) is 6.07 Å². The molecule has 1 amide bonds. The average Bonchev–Trinajstić information content (AvgIpc) is 2.57. The van der Waals surface area contributed by atoms with Gasteiger partial charge in [0.1, 0.15) is 5.75 Å². The molecular formula is C23H39NO2. The standard InChI is InChI=1S/C23H39NO2/c1-8-10-14-24(15-11-9-2)21(25)13-12-19-16-20(23(5,6)7)22(26)18(4)17(19)3/h16,26H,8-15H2,1-7H3. The molecule has 0 aromatic heterocycles. The van der Waals surface area contributed by atoms with Gasteiger partial charge in [0.05, 0.1) is 0 Å². The fourth-order valence-electron chi connectivity index (χ4n) is 3.26. The highest BCUT2D eigenvalue weighted by Gasteiger charge is 2.22. The highest BCUT2D eigenvalue weighted by atomic mass is 16.3. The molecule has 0 unspecified atom stereocenters. The first kappa shape index (κ1) is 22.5. The third-order valence-corrected chi connectivity index (χ3v) is 5.31. The van der Waals surface area contributed by atoms with E-state index in [4.69, 9.17) is 0 Å². The maximum absolute atomic E-state index is 12.7. The molecule has 0 aliphatic carbocycles. The third kappa shape index (κ3) is 6.03. The molecular weight excluding hydrogens is 322 g/mol. The first-order valence-electron chi connectivity index (χ1n) is 10.2. The van der Waals surface area contributed by atoms with Crippen molar-refractivity contribution in [3.05, 3.63) is 28.3 Å². The van der Waals surface area contributed by atoms with Gasteiger partial charge in [-0.3, -0.25) is 4.79 Å². The molecule has 0 fully saturated rings. The summed E-state index contributed by atoms with van der Waals surface area (Å²) in [5.74, 6) is 0.659. The topological polar surface area (TPSA) is 40.5 Å². The Kier molecular flexibility index (Phi) is 8.66. The fraction of sp³-hybridized carbons (Fsp3) is 0.696. The first-order chi connectivity index (χ1) is 12.1. The van der Waals surface area contributed by atoms with Crippen molar-refractivity contribution >= 4 is 5.91 Å². The highest BCUT2D eigenvalue weighted by molar-refractivity contribution is 5.76. The second kappa shape index (κ2) is 9.99. The van der Waals surface area contributed by atoms with E-state index in [1.54, 1.807) is 0 Å². The molecule has 0 aliphatic rings. The summed E-state index contributed by atoms with van der Waals surface area (Å²) in [6, 6.07) is 2.10. The van der Waals surface area contributed by atoms with Crippen molar-refractivity contribution in [3.8, 4) is 5.75 Å². The molecule has 1 aromatic carbocycles. The van der Waals surface area contributed by atoms with E-state index in [1.807, 2.05) is 18.7 Å². The van der Waals surface area contributed by atoms with E-state index in [0.717, 1.165) is 61.9 Å². The third-order valence-electron chi connectivity index (χ3n) is 5.31. The smallest absolute Gasteiger partial charge is 0.222 e. The number of nitrogens with zero attached hydrogens (tertiary/aromatic N) is 1. The number of carbonyl (C=O) groups is 1. The number of phenolic OH excluding ortho intramolecular Hbond substituents is 1. The Morgan fingerprint density at radius 1 is 1.04 bits per heavy atom. The second-order valence-corrected chi connectivity index (χ2v) is 8.52. The van der Waals surface area contributed by atoms with Crippen molar-refractivity contribution in [2.75, 3.05) is 13.1 Å². The quantitative estimate of drug-likeness (QED) is 0.616. The monoisotopic (exact) mass is 361 g/mol. The van der Waals surface area contributed by atoms with Crippen LogP contribution in [0.2, 0.25) is 0 Å². The SMILES string of the molecule is CCCCN(CCCC)C(=O)CCc1cc(C(C)(C)C)c(O)c(C)c1C. The van der Waals surface area contributed by atoms with Crippen LogP contribution in [0, 0.1) is 13.8 Å². The van der Waals surface area contributed by atoms with E-state index >= 15 is 0 Å². The van der Waals surface area contributed by atoms with Gasteiger partial charge < -0.3 is 10.0 Å². The lowest BCUT2D eigenvalue weighted by atomic mass is 9.82. The number of rotatable bonds is 9. The molecule has 0 radical (unpaired) electrons. The number of unbranched alkanes of at least 4 members (excludes halogenated alkanes) is 2. The number of hydrogen-bond acceptors (Lipinski definition) is 2. The number of aromatic hydroxyl groups is 1. The molecule has 1 N–H and O–H groups in total. The van der Waals surface area contributed by atoms with Crippen molar-refractivity contribution in [2.45, 2.75) is 92.4 Å². The fourth-order valence-corrected chi connectivity index (χ4v) is 3.26. The van der Waals surface area contributed by atoms with Gasteiger partial charge in [-0.25, -0.2) is 0 Å². The Labute approximate surface area is 160 Å². The highest BCUT2D eigenvalue weighted by Crippen LogP contribution is 2.36. The second-order valence-electron chi connectivity index (χ2n) is 8.52. The van der Waals surface area contributed by atoms with Crippen molar-refractivity contribution in [1.82, 2.24) is 4.90 Å². The van der Waals surface area contributed by atoms with Crippen LogP contribution < -0.4 is 0 Å². The number of aryl methyl sites for hydroxylation is 1.